The van der Waals surface area contributed by atoms with Gasteiger partial charge in [-0.1, -0.05) is 5.16 Å². The van der Waals surface area contributed by atoms with Gasteiger partial charge in [0.25, 0.3) is 0 Å². The molecule has 0 spiro atoms. The molecule has 2 amide bonds. The van der Waals surface area contributed by atoms with Crippen LogP contribution in [-0.4, -0.2) is 46.3 Å². The van der Waals surface area contributed by atoms with Crippen LogP contribution in [0.4, 0.5) is 10.6 Å². The Morgan fingerprint density at radius 1 is 1.39 bits per heavy atom. The van der Waals surface area contributed by atoms with E-state index in [2.05, 4.69) is 20.4 Å². The summed E-state index contributed by atoms with van der Waals surface area (Å²) in [4.78, 5) is 22.7. The number of ether oxygens (including phenoxy) is 1. The van der Waals surface area contributed by atoms with Gasteiger partial charge in [-0.25, -0.2) is 9.78 Å². The smallest absolute Gasteiger partial charge is 0.323 e. The van der Waals surface area contributed by atoms with Crippen LogP contribution < -0.4 is 10.1 Å². The molecule has 8 nitrogen and oxygen atoms in total. The summed E-state index contributed by atoms with van der Waals surface area (Å²) in [6.45, 7) is 4.81. The van der Waals surface area contributed by atoms with E-state index < -0.39 is 0 Å². The maximum Gasteiger partial charge on any atom is 0.323 e. The first kappa shape index (κ1) is 15.3. The highest BCUT2D eigenvalue weighted by atomic mass is 16.5. The van der Waals surface area contributed by atoms with Crippen molar-refractivity contribution in [3.05, 3.63) is 29.5 Å². The van der Waals surface area contributed by atoms with Gasteiger partial charge in [0.1, 0.15) is 0 Å². The Kier molecular flexibility index (Phi) is 4.14. The second-order valence-corrected chi connectivity index (χ2v) is 5.55. The van der Waals surface area contributed by atoms with Gasteiger partial charge in [-0.3, -0.25) is 5.32 Å². The molecule has 0 saturated carbocycles. The maximum absolute atomic E-state index is 12.4. The number of carbonyl (C=O) groups excluding carboxylic acids is 1. The highest BCUT2D eigenvalue weighted by molar-refractivity contribution is 5.90. The van der Waals surface area contributed by atoms with Crippen LogP contribution in [0.5, 0.6) is 5.75 Å². The van der Waals surface area contributed by atoms with E-state index >= 15 is 0 Å². The van der Waals surface area contributed by atoms with Gasteiger partial charge in [0, 0.05) is 18.8 Å². The lowest BCUT2D eigenvalue weighted by molar-refractivity contribution is 0.221. The number of rotatable bonds is 3. The van der Waals surface area contributed by atoms with Crippen molar-refractivity contribution in [1.82, 2.24) is 20.0 Å². The third-order valence-corrected chi connectivity index (χ3v) is 3.81. The molecule has 1 saturated heterocycles. The number of nitrogens with zero attached hydrogens (tertiary/aromatic N) is 4. The standard InChI is InChI=1S/C15H19N5O3/c1-9-4-5-12(22-3)13(16-9)18-15(21)20-7-6-11(8-20)14-17-10(2)19-23-14/h4-5,11H,6-8H2,1-3H3,(H,16,18,21). The molecule has 0 aromatic carbocycles. The fourth-order valence-corrected chi connectivity index (χ4v) is 2.60. The minimum absolute atomic E-state index is 0.0781. The lowest BCUT2D eigenvalue weighted by atomic mass is 10.1. The van der Waals surface area contributed by atoms with Gasteiger partial charge >= 0.3 is 6.03 Å². The lowest BCUT2D eigenvalue weighted by Crippen LogP contribution is -2.33. The number of pyridine rings is 1. The minimum Gasteiger partial charge on any atom is -0.493 e. The average Bonchev–Trinajstić information content (AvgIpc) is 3.16. The molecule has 0 aliphatic carbocycles. The van der Waals surface area contributed by atoms with E-state index in [0.717, 1.165) is 12.1 Å². The Morgan fingerprint density at radius 2 is 2.22 bits per heavy atom. The summed E-state index contributed by atoms with van der Waals surface area (Å²) in [5.41, 5.74) is 0.807. The third-order valence-electron chi connectivity index (χ3n) is 3.81. The van der Waals surface area contributed by atoms with Crippen LogP contribution in [0, 0.1) is 13.8 Å². The molecule has 2 aromatic heterocycles. The highest BCUT2D eigenvalue weighted by Crippen LogP contribution is 2.27. The molecule has 2 aromatic rings. The van der Waals surface area contributed by atoms with E-state index in [0.29, 0.717) is 36.4 Å². The summed E-state index contributed by atoms with van der Waals surface area (Å²) in [7, 11) is 1.55. The Labute approximate surface area is 133 Å². The van der Waals surface area contributed by atoms with Crippen molar-refractivity contribution in [2.24, 2.45) is 0 Å². The quantitative estimate of drug-likeness (QED) is 0.932. The first-order valence-electron chi connectivity index (χ1n) is 7.44. The van der Waals surface area contributed by atoms with E-state index in [1.54, 1.807) is 25.0 Å². The van der Waals surface area contributed by atoms with Crippen molar-refractivity contribution in [3.8, 4) is 5.75 Å². The SMILES string of the molecule is COc1ccc(C)nc1NC(=O)N1CCC(c2nc(C)no2)C1. The van der Waals surface area contributed by atoms with Crippen LogP contribution in [0.2, 0.25) is 0 Å². The molecule has 1 unspecified atom stereocenters. The molecule has 1 aliphatic rings. The first-order valence-corrected chi connectivity index (χ1v) is 7.44. The number of urea groups is 1. The molecular formula is C15H19N5O3. The van der Waals surface area contributed by atoms with Crippen LogP contribution in [0.25, 0.3) is 0 Å². The molecule has 122 valence electrons. The first-order chi connectivity index (χ1) is 11.1. The molecule has 3 rings (SSSR count). The van der Waals surface area contributed by atoms with E-state index in [-0.39, 0.29) is 11.9 Å². The number of aromatic nitrogens is 3. The predicted octanol–water partition coefficient (Wildman–Crippen LogP) is 2.11. The number of methoxy groups -OCH3 is 1. The molecule has 1 fully saturated rings. The molecule has 3 heterocycles. The predicted molar refractivity (Wildman–Crippen MR) is 82.5 cm³/mol. The van der Waals surface area contributed by atoms with Gasteiger partial charge in [-0.05, 0) is 32.4 Å². The summed E-state index contributed by atoms with van der Waals surface area (Å²) in [6, 6.07) is 3.41. The monoisotopic (exact) mass is 317 g/mol. The molecule has 23 heavy (non-hydrogen) atoms. The fourth-order valence-electron chi connectivity index (χ4n) is 2.60. The van der Waals surface area contributed by atoms with Crippen molar-refractivity contribution in [1.29, 1.82) is 0 Å². The summed E-state index contributed by atoms with van der Waals surface area (Å²) in [5.74, 6) is 2.23. The van der Waals surface area contributed by atoms with Crippen LogP contribution in [-0.2, 0) is 0 Å². The van der Waals surface area contributed by atoms with Crippen LogP contribution >= 0.6 is 0 Å². The highest BCUT2D eigenvalue weighted by Gasteiger charge is 2.31. The number of likely N-dealkylation sites (tertiary alicyclic amines) is 1. The summed E-state index contributed by atoms with van der Waals surface area (Å²) in [6.07, 6.45) is 0.799. The topological polar surface area (TPSA) is 93.4 Å². The van der Waals surface area contributed by atoms with E-state index in [1.807, 2.05) is 13.0 Å². The fraction of sp³-hybridized carbons (Fsp3) is 0.467. The molecule has 0 bridgehead atoms. The van der Waals surface area contributed by atoms with Gasteiger partial charge in [0.05, 0.1) is 13.0 Å². The Balaban J connectivity index is 1.67. The number of hydrogen-bond acceptors (Lipinski definition) is 6. The van der Waals surface area contributed by atoms with Gasteiger partial charge in [-0.15, -0.1) is 0 Å². The van der Waals surface area contributed by atoms with Gasteiger partial charge in [0.15, 0.2) is 17.4 Å². The number of aryl methyl sites for hydroxylation is 2. The Morgan fingerprint density at radius 3 is 2.91 bits per heavy atom. The second-order valence-electron chi connectivity index (χ2n) is 5.55. The molecular weight excluding hydrogens is 298 g/mol. The van der Waals surface area contributed by atoms with Crippen molar-refractivity contribution in [2.45, 2.75) is 26.2 Å². The van der Waals surface area contributed by atoms with Crippen molar-refractivity contribution < 1.29 is 14.1 Å². The molecule has 1 aliphatic heterocycles. The normalized spacial score (nSPS) is 17.3. The van der Waals surface area contributed by atoms with E-state index in [9.17, 15) is 4.79 Å². The number of nitrogens with one attached hydrogen (secondary N) is 1. The molecule has 1 N–H and O–H groups in total. The minimum atomic E-state index is -0.208. The largest absolute Gasteiger partial charge is 0.493 e. The van der Waals surface area contributed by atoms with Crippen LogP contribution in [0.15, 0.2) is 16.7 Å². The van der Waals surface area contributed by atoms with Gasteiger partial charge in [-0.2, -0.15) is 4.98 Å². The average molecular weight is 317 g/mol. The molecule has 1 atom stereocenters. The van der Waals surface area contributed by atoms with Crippen LogP contribution in [0.3, 0.4) is 0 Å². The zero-order valence-corrected chi connectivity index (χ0v) is 13.4. The summed E-state index contributed by atoms with van der Waals surface area (Å²) >= 11 is 0. The summed E-state index contributed by atoms with van der Waals surface area (Å²) in [5, 5.41) is 6.61. The number of amides is 2. The van der Waals surface area contributed by atoms with Crippen molar-refractivity contribution >= 4 is 11.8 Å². The summed E-state index contributed by atoms with van der Waals surface area (Å²) < 4.78 is 10.4. The lowest BCUT2D eigenvalue weighted by Gasteiger charge is -2.17. The van der Waals surface area contributed by atoms with E-state index in [1.165, 1.54) is 0 Å². The van der Waals surface area contributed by atoms with Crippen LogP contribution in [0.1, 0.15) is 29.7 Å². The zero-order valence-electron chi connectivity index (χ0n) is 13.4. The van der Waals surface area contributed by atoms with Gasteiger partial charge < -0.3 is 14.2 Å². The zero-order chi connectivity index (χ0) is 16.4. The van der Waals surface area contributed by atoms with Crippen molar-refractivity contribution in [2.75, 3.05) is 25.5 Å². The Bertz CT molecular complexity index is 715. The maximum atomic E-state index is 12.4. The Hall–Kier alpha value is -2.64. The van der Waals surface area contributed by atoms with E-state index in [4.69, 9.17) is 9.26 Å². The number of anilines is 1. The van der Waals surface area contributed by atoms with Crippen molar-refractivity contribution in [3.63, 3.8) is 0 Å². The third kappa shape index (κ3) is 3.25. The molecule has 8 heteroatoms. The second kappa shape index (κ2) is 6.23. The number of hydrogen-bond donors (Lipinski definition) is 1. The van der Waals surface area contributed by atoms with Gasteiger partial charge in [0.2, 0.25) is 5.89 Å². The molecule has 0 radical (unpaired) electrons. The number of carbonyl (C=O) groups is 1.